The summed E-state index contributed by atoms with van der Waals surface area (Å²) in [6.45, 7) is 0. The van der Waals surface area contributed by atoms with Crippen LogP contribution in [0.1, 0.15) is 15.9 Å². The van der Waals surface area contributed by atoms with Crippen LogP contribution >= 0.6 is 0 Å². The molecular formula is C17H11F3O3. The Kier molecular flexibility index (Phi) is 4.91. The van der Waals surface area contributed by atoms with Crippen LogP contribution in [0.5, 0.6) is 11.5 Å². The van der Waals surface area contributed by atoms with Gasteiger partial charge in [-0.3, -0.25) is 4.79 Å². The minimum Gasteiger partial charge on any atom is -0.496 e. The number of methoxy groups -OCH3 is 1. The van der Waals surface area contributed by atoms with Gasteiger partial charge in [0.15, 0.2) is 0 Å². The highest BCUT2D eigenvalue weighted by atomic mass is 19.4. The average Bonchev–Trinajstić information content (AvgIpc) is 2.52. The maximum Gasteiger partial charge on any atom is 0.573 e. The first kappa shape index (κ1) is 16.4. The molecule has 0 saturated carbocycles. The molecule has 23 heavy (non-hydrogen) atoms. The molecule has 0 bridgehead atoms. The number of rotatable bonds is 3. The van der Waals surface area contributed by atoms with Gasteiger partial charge in [0.25, 0.3) is 0 Å². The molecule has 0 aliphatic carbocycles. The van der Waals surface area contributed by atoms with Crippen LogP contribution < -0.4 is 9.47 Å². The van der Waals surface area contributed by atoms with Gasteiger partial charge in [0, 0.05) is 5.56 Å². The fraction of sp³-hybridized carbons (Fsp3) is 0.118. The summed E-state index contributed by atoms with van der Waals surface area (Å²) in [7, 11) is 1.31. The number of ether oxygens (including phenoxy) is 2. The molecule has 2 rings (SSSR count). The van der Waals surface area contributed by atoms with Crippen molar-refractivity contribution in [1.82, 2.24) is 0 Å². The molecule has 0 N–H and O–H groups in total. The fourth-order valence-electron chi connectivity index (χ4n) is 1.78. The molecule has 0 spiro atoms. The third kappa shape index (κ3) is 4.78. The zero-order chi connectivity index (χ0) is 16.9. The second-order valence-electron chi connectivity index (χ2n) is 4.36. The van der Waals surface area contributed by atoms with Crippen molar-refractivity contribution in [3.8, 4) is 23.3 Å². The normalized spacial score (nSPS) is 10.4. The van der Waals surface area contributed by atoms with Gasteiger partial charge < -0.3 is 9.47 Å². The van der Waals surface area contributed by atoms with E-state index in [2.05, 4.69) is 16.6 Å². The molecule has 0 atom stereocenters. The molecule has 0 amide bonds. The zero-order valence-electron chi connectivity index (χ0n) is 12.0. The lowest BCUT2D eigenvalue weighted by molar-refractivity contribution is -0.274. The first-order chi connectivity index (χ1) is 10.9. The highest BCUT2D eigenvalue weighted by Crippen LogP contribution is 2.28. The molecule has 0 radical (unpaired) electrons. The summed E-state index contributed by atoms with van der Waals surface area (Å²) in [5.74, 6) is 3.96. The number of benzene rings is 2. The van der Waals surface area contributed by atoms with E-state index in [0.29, 0.717) is 5.56 Å². The second-order valence-corrected chi connectivity index (χ2v) is 4.36. The van der Waals surface area contributed by atoms with Gasteiger partial charge in [-0.25, -0.2) is 0 Å². The number of alkyl halides is 3. The highest BCUT2D eigenvalue weighted by Gasteiger charge is 2.31. The number of Topliss-reactive ketones (excluding diaryl/α,β-unsaturated/α-hetero) is 1. The van der Waals surface area contributed by atoms with Crippen molar-refractivity contribution in [2.75, 3.05) is 7.11 Å². The predicted octanol–water partition coefficient (Wildman–Crippen LogP) is 3.83. The van der Waals surface area contributed by atoms with Crippen LogP contribution in [0.3, 0.4) is 0 Å². The largest absolute Gasteiger partial charge is 0.573 e. The molecule has 3 nitrogen and oxygen atoms in total. The van der Waals surface area contributed by atoms with E-state index >= 15 is 0 Å². The van der Waals surface area contributed by atoms with E-state index in [9.17, 15) is 18.0 Å². The smallest absolute Gasteiger partial charge is 0.496 e. The van der Waals surface area contributed by atoms with Gasteiger partial charge in [-0.15, -0.1) is 13.2 Å². The van der Waals surface area contributed by atoms with E-state index in [1.807, 2.05) is 0 Å². The van der Waals surface area contributed by atoms with Crippen molar-refractivity contribution >= 4 is 5.78 Å². The lowest BCUT2D eigenvalue weighted by Crippen LogP contribution is -2.17. The van der Waals surface area contributed by atoms with Crippen LogP contribution in [0, 0.1) is 11.8 Å². The molecule has 118 valence electrons. The number of halogens is 3. The number of hydrogen-bond acceptors (Lipinski definition) is 3. The molecule has 6 heteroatoms. The molecule has 0 saturated heterocycles. The molecular weight excluding hydrogens is 309 g/mol. The summed E-state index contributed by atoms with van der Waals surface area (Å²) in [4.78, 5) is 12.1. The number of carbonyl (C=O) groups is 1. The molecule has 0 aliphatic heterocycles. The van der Waals surface area contributed by atoms with E-state index in [-0.39, 0.29) is 11.3 Å². The van der Waals surface area contributed by atoms with Crippen LogP contribution in [-0.2, 0) is 0 Å². The maximum absolute atomic E-state index is 12.3. The Morgan fingerprint density at radius 3 is 2.39 bits per heavy atom. The van der Waals surface area contributed by atoms with Crippen LogP contribution in [0.4, 0.5) is 13.2 Å². The van der Waals surface area contributed by atoms with E-state index in [1.54, 1.807) is 30.3 Å². The molecule has 0 heterocycles. The van der Waals surface area contributed by atoms with Crippen molar-refractivity contribution in [1.29, 1.82) is 0 Å². The fourth-order valence-corrected chi connectivity index (χ4v) is 1.78. The van der Waals surface area contributed by atoms with E-state index in [1.165, 1.54) is 13.2 Å². The van der Waals surface area contributed by atoms with Crippen LogP contribution in [-0.4, -0.2) is 19.3 Å². The highest BCUT2D eigenvalue weighted by molar-refractivity contribution is 6.11. The van der Waals surface area contributed by atoms with Crippen molar-refractivity contribution in [3.63, 3.8) is 0 Å². The first-order valence-electron chi connectivity index (χ1n) is 6.44. The SMILES string of the molecule is COc1ccc(OC(F)(F)F)cc1C(=O)C#Cc1ccccc1. The molecule has 0 unspecified atom stereocenters. The van der Waals surface area contributed by atoms with Gasteiger partial charge in [-0.05, 0) is 36.3 Å². The number of ketones is 1. The standard InChI is InChI=1S/C17H11F3O3/c1-22-16-10-8-13(23-17(18,19)20)11-14(16)15(21)9-7-12-5-3-2-4-6-12/h2-6,8,10-11H,1H3. The minimum absolute atomic E-state index is 0.0994. The molecule has 0 fully saturated rings. The quantitative estimate of drug-likeness (QED) is 0.637. The summed E-state index contributed by atoms with van der Waals surface area (Å²) < 4.78 is 45.6. The lowest BCUT2D eigenvalue weighted by atomic mass is 10.1. The Bertz CT molecular complexity index is 756. The Labute approximate surface area is 130 Å². The maximum atomic E-state index is 12.3. The van der Waals surface area contributed by atoms with Crippen LogP contribution in [0.25, 0.3) is 0 Å². The van der Waals surface area contributed by atoms with Crippen LogP contribution in [0.15, 0.2) is 48.5 Å². The number of hydrogen-bond donors (Lipinski definition) is 0. The van der Waals surface area contributed by atoms with E-state index in [4.69, 9.17) is 4.74 Å². The van der Waals surface area contributed by atoms with Crippen molar-refractivity contribution in [3.05, 3.63) is 59.7 Å². The molecule has 2 aromatic carbocycles. The van der Waals surface area contributed by atoms with Gasteiger partial charge in [0.2, 0.25) is 5.78 Å². The predicted molar refractivity (Wildman–Crippen MR) is 77.3 cm³/mol. The third-order valence-electron chi connectivity index (χ3n) is 2.74. The molecule has 2 aromatic rings. The third-order valence-corrected chi connectivity index (χ3v) is 2.74. The van der Waals surface area contributed by atoms with Gasteiger partial charge in [0.1, 0.15) is 11.5 Å². The van der Waals surface area contributed by atoms with Crippen LogP contribution in [0.2, 0.25) is 0 Å². The van der Waals surface area contributed by atoms with Crippen molar-refractivity contribution in [2.45, 2.75) is 6.36 Å². The molecule has 0 aromatic heterocycles. The van der Waals surface area contributed by atoms with Gasteiger partial charge in [-0.1, -0.05) is 24.1 Å². The Morgan fingerprint density at radius 1 is 1.09 bits per heavy atom. The molecule has 0 aliphatic rings. The van der Waals surface area contributed by atoms with Gasteiger partial charge in [0.05, 0.1) is 12.7 Å². The van der Waals surface area contributed by atoms with Crippen molar-refractivity contribution < 1.29 is 27.4 Å². The Balaban J connectivity index is 2.31. The first-order valence-corrected chi connectivity index (χ1v) is 6.44. The Morgan fingerprint density at radius 2 is 1.78 bits per heavy atom. The zero-order valence-corrected chi connectivity index (χ0v) is 12.0. The van der Waals surface area contributed by atoms with Gasteiger partial charge >= 0.3 is 6.36 Å². The summed E-state index contributed by atoms with van der Waals surface area (Å²) >= 11 is 0. The summed E-state index contributed by atoms with van der Waals surface area (Å²) in [5, 5.41) is 0. The van der Waals surface area contributed by atoms with E-state index < -0.39 is 17.9 Å². The Hall–Kier alpha value is -2.94. The topological polar surface area (TPSA) is 35.5 Å². The summed E-state index contributed by atoms with van der Waals surface area (Å²) in [6, 6.07) is 12.0. The minimum atomic E-state index is -4.84. The second kappa shape index (κ2) is 6.88. The summed E-state index contributed by atoms with van der Waals surface area (Å²) in [5.41, 5.74) is 0.514. The monoisotopic (exact) mass is 320 g/mol. The average molecular weight is 320 g/mol. The van der Waals surface area contributed by atoms with Crippen molar-refractivity contribution in [2.24, 2.45) is 0 Å². The summed E-state index contributed by atoms with van der Waals surface area (Å²) in [6.07, 6.45) is -4.84. The van der Waals surface area contributed by atoms with E-state index in [0.717, 1.165) is 12.1 Å². The lowest BCUT2D eigenvalue weighted by Gasteiger charge is -2.11. The number of carbonyl (C=O) groups excluding carboxylic acids is 1. The van der Waals surface area contributed by atoms with Gasteiger partial charge in [-0.2, -0.15) is 0 Å².